The third kappa shape index (κ3) is 3.48. The summed E-state index contributed by atoms with van der Waals surface area (Å²) in [6, 6.07) is 7.87. The molecule has 18 heavy (non-hydrogen) atoms. The average Bonchev–Trinajstić information content (AvgIpc) is 2.83. The largest absolute Gasteiger partial charge is 0.392 e. The summed E-state index contributed by atoms with van der Waals surface area (Å²) in [5, 5.41) is 15.2. The Morgan fingerprint density at radius 2 is 2.22 bits per heavy atom. The van der Waals surface area contributed by atoms with Crippen molar-refractivity contribution in [1.82, 2.24) is 10.6 Å². The lowest BCUT2D eigenvalue weighted by molar-refractivity contribution is -0.123. The van der Waals surface area contributed by atoms with E-state index in [0.29, 0.717) is 19.5 Å². The first kappa shape index (κ1) is 13.4. The maximum Gasteiger partial charge on any atom is 0.237 e. The summed E-state index contributed by atoms with van der Waals surface area (Å²) in [5.74, 6) is -0.0412. The molecular formula is C13H18N2O2S. The van der Waals surface area contributed by atoms with Crippen molar-refractivity contribution >= 4 is 17.7 Å². The third-order valence-electron chi connectivity index (χ3n) is 3.05. The first-order valence-corrected chi connectivity index (χ1v) is 7.23. The molecule has 2 rings (SSSR count). The van der Waals surface area contributed by atoms with E-state index in [-0.39, 0.29) is 11.9 Å². The summed E-state index contributed by atoms with van der Waals surface area (Å²) in [4.78, 5) is 13.0. The van der Waals surface area contributed by atoms with Gasteiger partial charge in [-0.25, -0.2) is 0 Å². The van der Waals surface area contributed by atoms with Crippen LogP contribution in [0.3, 0.4) is 0 Å². The number of hydrogen-bond donors (Lipinski definition) is 3. The lowest BCUT2D eigenvalue weighted by Crippen LogP contribution is -2.39. The summed E-state index contributed by atoms with van der Waals surface area (Å²) < 4.78 is 0. The zero-order chi connectivity index (χ0) is 13.0. The van der Waals surface area contributed by atoms with Gasteiger partial charge in [-0.1, -0.05) is 12.1 Å². The van der Waals surface area contributed by atoms with Gasteiger partial charge >= 0.3 is 0 Å². The number of benzene rings is 1. The molecule has 5 heteroatoms. The van der Waals surface area contributed by atoms with Crippen LogP contribution in [0.15, 0.2) is 29.2 Å². The molecule has 98 valence electrons. The highest BCUT2D eigenvalue weighted by Gasteiger charge is 2.27. The number of thioether (sulfide) groups is 1. The van der Waals surface area contributed by atoms with Crippen LogP contribution in [0.5, 0.6) is 0 Å². The van der Waals surface area contributed by atoms with Crippen molar-refractivity contribution in [3.8, 4) is 0 Å². The molecule has 1 saturated heterocycles. The van der Waals surface area contributed by atoms with Gasteiger partial charge in [0.15, 0.2) is 0 Å². The summed E-state index contributed by atoms with van der Waals surface area (Å²) in [7, 11) is 0. The molecule has 0 bridgehead atoms. The Morgan fingerprint density at radius 3 is 2.78 bits per heavy atom. The molecule has 0 saturated carbocycles. The van der Waals surface area contributed by atoms with Gasteiger partial charge in [-0.05, 0) is 30.4 Å². The normalized spacial score (nSPS) is 23.0. The van der Waals surface area contributed by atoms with Crippen LogP contribution < -0.4 is 10.6 Å². The number of aliphatic hydroxyl groups excluding tert-OH is 1. The van der Waals surface area contributed by atoms with Crippen LogP contribution in [0.4, 0.5) is 0 Å². The van der Waals surface area contributed by atoms with E-state index in [0.717, 1.165) is 5.56 Å². The van der Waals surface area contributed by atoms with E-state index in [4.69, 9.17) is 0 Å². The Balaban J connectivity index is 1.81. The number of hydrogen-bond acceptors (Lipinski definition) is 4. The highest BCUT2D eigenvalue weighted by atomic mass is 32.2. The highest BCUT2D eigenvalue weighted by molar-refractivity contribution is 7.98. The van der Waals surface area contributed by atoms with Crippen LogP contribution in [-0.2, 0) is 11.3 Å². The van der Waals surface area contributed by atoms with Crippen LogP contribution in [0.1, 0.15) is 12.0 Å². The van der Waals surface area contributed by atoms with Crippen LogP contribution >= 0.6 is 11.8 Å². The summed E-state index contributed by atoms with van der Waals surface area (Å²) >= 11 is 1.70. The van der Waals surface area contributed by atoms with Crippen LogP contribution in [0, 0.1) is 0 Å². The second kappa shape index (κ2) is 6.22. The van der Waals surface area contributed by atoms with E-state index >= 15 is 0 Å². The Labute approximate surface area is 111 Å². The lowest BCUT2D eigenvalue weighted by Gasteiger charge is -2.11. The molecule has 3 N–H and O–H groups in total. The molecule has 2 atom stereocenters. The van der Waals surface area contributed by atoms with Gasteiger partial charge in [0.05, 0.1) is 12.1 Å². The topological polar surface area (TPSA) is 61.4 Å². The zero-order valence-electron chi connectivity index (χ0n) is 10.3. The van der Waals surface area contributed by atoms with E-state index < -0.39 is 6.10 Å². The van der Waals surface area contributed by atoms with Gasteiger partial charge in [-0.15, -0.1) is 11.8 Å². The number of β-amino-alcohol motifs (C(OH)–C–C–N with tert-alkyl or cyclic N) is 1. The molecule has 2 unspecified atom stereocenters. The van der Waals surface area contributed by atoms with Crippen molar-refractivity contribution in [2.45, 2.75) is 30.0 Å². The Bertz CT molecular complexity index is 408. The smallest absolute Gasteiger partial charge is 0.237 e. The quantitative estimate of drug-likeness (QED) is 0.704. The van der Waals surface area contributed by atoms with Gasteiger partial charge in [0.1, 0.15) is 0 Å². The molecule has 0 aliphatic carbocycles. The number of carbonyl (C=O) groups is 1. The summed E-state index contributed by atoms with van der Waals surface area (Å²) in [6.45, 7) is 1.03. The van der Waals surface area contributed by atoms with Crippen molar-refractivity contribution in [3.05, 3.63) is 29.8 Å². The molecule has 0 spiro atoms. The van der Waals surface area contributed by atoms with E-state index in [2.05, 4.69) is 10.6 Å². The second-order valence-electron chi connectivity index (χ2n) is 4.42. The van der Waals surface area contributed by atoms with Gasteiger partial charge < -0.3 is 15.7 Å². The van der Waals surface area contributed by atoms with Gasteiger partial charge in [0.25, 0.3) is 0 Å². The molecular weight excluding hydrogens is 248 g/mol. The molecule has 1 aromatic rings. The number of nitrogens with one attached hydrogen (secondary N) is 2. The molecule has 1 amide bonds. The van der Waals surface area contributed by atoms with Gasteiger partial charge in [-0.2, -0.15) is 0 Å². The average molecular weight is 266 g/mol. The molecule has 1 aromatic carbocycles. The van der Waals surface area contributed by atoms with Gasteiger partial charge in [-0.3, -0.25) is 4.79 Å². The predicted molar refractivity (Wildman–Crippen MR) is 72.5 cm³/mol. The monoisotopic (exact) mass is 266 g/mol. The minimum atomic E-state index is -0.401. The first-order valence-electron chi connectivity index (χ1n) is 6.01. The number of rotatable bonds is 4. The maximum atomic E-state index is 11.8. The fraction of sp³-hybridized carbons (Fsp3) is 0.462. The number of aliphatic hydroxyl groups is 1. The van der Waals surface area contributed by atoms with Crippen LogP contribution in [-0.4, -0.2) is 36.0 Å². The van der Waals surface area contributed by atoms with Gasteiger partial charge in [0, 0.05) is 18.0 Å². The standard InChI is InChI=1S/C13H18N2O2S/c1-18-11-4-2-9(3-5-11)7-15-13(17)12-6-10(16)8-14-12/h2-5,10,12,14,16H,6-8H2,1H3,(H,15,17). The van der Waals surface area contributed by atoms with E-state index in [9.17, 15) is 9.90 Å². The van der Waals surface area contributed by atoms with Crippen molar-refractivity contribution in [2.24, 2.45) is 0 Å². The Morgan fingerprint density at radius 1 is 1.50 bits per heavy atom. The van der Waals surface area contributed by atoms with E-state index in [1.165, 1.54) is 4.90 Å². The first-order chi connectivity index (χ1) is 8.69. The minimum Gasteiger partial charge on any atom is -0.392 e. The molecule has 1 aliphatic rings. The molecule has 4 nitrogen and oxygen atoms in total. The molecule has 0 radical (unpaired) electrons. The summed E-state index contributed by atoms with van der Waals surface area (Å²) in [6.07, 6.45) is 2.13. The predicted octanol–water partition coefficient (Wildman–Crippen LogP) is 0.747. The van der Waals surface area contributed by atoms with E-state index in [1.807, 2.05) is 30.5 Å². The fourth-order valence-corrected chi connectivity index (χ4v) is 2.38. The van der Waals surface area contributed by atoms with Gasteiger partial charge in [0.2, 0.25) is 5.91 Å². The van der Waals surface area contributed by atoms with Crippen LogP contribution in [0.25, 0.3) is 0 Å². The van der Waals surface area contributed by atoms with Crippen molar-refractivity contribution in [1.29, 1.82) is 0 Å². The Kier molecular flexibility index (Phi) is 4.63. The highest BCUT2D eigenvalue weighted by Crippen LogP contribution is 2.14. The zero-order valence-corrected chi connectivity index (χ0v) is 11.2. The fourth-order valence-electron chi connectivity index (χ4n) is 1.97. The SMILES string of the molecule is CSc1ccc(CNC(=O)C2CC(O)CN2)cc1. The minimum absolute atomic E-state index is 0.0412. The number of carbonyl (C=O) groups excluding carboxylic acids is 1. The second-order valence-corrected chi connectivity index (χ2v) is 5.30. The van der Waals surface area contributed by atoms with Crippen molar-refractivity contribution in [2.75, 3.05) is 12.8 Å². The molecule has 1 fully saturated rings. The molecule has 1 aliphatic heterocycles. The molecule has 1 heterocycles. The summed E-state index contributed by atoms with van der Waals surface area (Å²) in [5.41, 5.74) is 1.08. The van der Waals surface area contributed by atoms with Crippen molar-refractivity contribution in [3.63, 3.8) is 0 Å². The lowest BCUT2D eigenvalue weighted by atomic mass is 10.2. The van der Waals surface area contributed by atoms with Crippen LogP contribution in [0.2, 0.25) is 0 Å². The Hall–Kier alpha value is -1.04. The van der Waals surface area contributed by atoms with Crippen molar-refractivity contribution < 1.29 is 9.90 Å². The number of amides is 1. The maximum absolute atomic E-state index is 11.8. The molecule has 0 aromatic heterocycles. The van der Waals surface area contributed by atoms with E-state index in [1.54, 1.807) is 11.8 Å². The third-order valence-corrected chi connectivity index (χ3v) is 3.79.